The van der Waals surface area contributed by atoms with E-state index >= 15 is 0 Å². The lowest BCUT2D eigenvalue weighted by atomic mass is 9.63. The molecule has 3 aliphatic carbocycles. The lowest BCUT2D eigenvalue weighted by molar-refractivity contribution is -0.146. The molecule has 0 aromatic carbocycles. The van der Waals surface area contributed by atoms with Crippen LogP contribution in [0.5, 0.6) is 0 Å². The lowest BCUT2D eigenvalue weighted by Gasteiger charge is -2.49. The number of allylic oxidation sites excluding steroid dienone is 4. The van der Waals surface area contributed by atoms with Crippen LogP contribution in [0, 0.1) is 0 Å². The number of carbonyl (C=O) groups excluding carboxylic acids is 1. The van der Waals surface area contributed by atoms with Crippen LogP contribution in [0.2, 0.25) is 0 Å². The molecule has 7 heteroatoms. The number of alkyl halides is 4. The Labute approximate surface area is 111 Å². The second-order valence-corrected chi connectivity index (χ2v) is 5.03. The summed E-state index contributed by atoms with van der Waals surface area (Å²) in [5.74, 6) is -6.67. The average molecular weight is 301 g/mol. The van der Waals surface area contributed by atoms with Crippen molar-refractivity contribution in [2.75, 3.05) is 0 Å². The topological polar surface area (TPSA) is 17.1 Å². The number of ketones is 1. The molecule has 0 amide bonds. The van der Waals surface area contributed by atoms with Crippen LogP contribution < -0.4 is 0 Å². The van der Waals surface area contributed by atoms with Gasteiger partial charge in [0.25, 0.3) is 5.13 Å². The Morgan fingerprint density at radius 2 is 1.47 bits per heavy atom. The Morgan fingerprint density at radius 1 is 1.00 bits per heavy atom. The molecule has 0 heterocycles. The molecule has 0 unspecified atom stereocenters. The first-order chi connectivity index (χ1) is 8.61. The molecule has 0 aromatic rings. The van der Waals surface area contributed by atoms with E-state index in [2.05, 4.69) is 0 Å². The zero-order chi connectivity index (χ0) is 14.8. The highest BCUT2D eigenvalue weighted by Crippen LogP contribution is 2.63. The molecule has 3 rings (SSSR count). The molecule has 19 heavy (non-hydrogen) atoms. The van der Waals surface area contributed by atoms with E-state index in [1.807, 2.05) is 0 Å². The van der Waals surface area contributed by atoms with Gasteiger partial charge in [-0.25, -0.2) is 22.0 Å². The van der Waals surface area contributed by atoms with Crippen LogP contribution >= 0.6 is 11.6 Å². The number of fused-ring (bicyclic) bond motifs is 1. The highest BCUT2D eigenvalue weighted by Gasteiger charge is 2.78. The first-order valence-electron chi connectivity index (χ1n) is 5.71. The van der Waals surface area contributed by atoms with Crippen molar-refractivity contribution in [2.24, 2.45) is 0 Å². The first-order valence-corrected chi connectivity index (χ1v) is 6.09. The number of halogens is 6. The van der Waals surface area contributed by atoms with Crippen LogP contribution in [0.15, 0.2) is 22.8 Å². The fourth-order valence-electron chi connectivity index (χ4n) is 2.83. The number of hydrogen-bond donors (Lipinski definition) is 0. The van der Waals surface area contributed by atoms with Gasteiger partial charge >= 0.3 is 0 Å². The van der Waals surface area contributed by atoms with Crippen molar-refractivity contribution in [3.63, 3.8) is 0 Å². The Kier molecular flexibility index (Phi) is 2.91. The molecule has 3 atom stereocenters. The van der Waals surface area contributed by atoms with Crippen molar-refractivity contribution >= 4 is 17.4 Å². The van der Waals surface area contributed by atoms with Gasteiger partial charge in [-0.15, -0.1) is 0 Å². The minimum Gasteiger partial charge on any atom is -0.290 e. The van der Waals surface area contributed by atoms with Gasteiger partial charge in [0.2, 0.25) is 17.1 Å². The van der Waals surface area contributed by atoms with Crippen molar-refractivity contribution in [3.05, 3.63) is 22.8 Å². The second kappa shape index (κ2) is 3.81. The highest BCUT2D eigenvalue weighted by atomic mass is 35.5. The summed E-state index contributed by atoms with van der Waals surface area (Å²) < 4.78 is 70.7. The summed E-state index contributed by atoms with van der Waals surface area (Å²) in [6.45, 7) is 2.65. The van der Waals surface area contributed by atoms with Gasteiger partial charge in [0.05, 0.1) is 0 Å². The van der Waals surface area contributed by atoms with E-state index in [1.165, 1.54) is 13.8 Å². The van der Waals surface area contributed by atoms with Crippen molar-refractivity contribution < 1.29 is 26.7 Å². The Bertz CT molecular complexity index is 538. The van der Waals surface area contributed by atoms with E-state index in [1.54, 1.807) is 0 Å². The van der Waals surface area contributed by atoms with Crippen LogP contribution in [-0.2, 0) is 4.79 Å². The summed E-state index contributed by atoms with van der Waals surface area (Å²) >= 11 is 5.10. The molecular weight excluding hydrogens is 291 g/mol. The molecule has 0 aromatic heterocycles. The number of hydrogen-bond acceptors (Lipinski definition) is 1. The van der Waals surface area contributed by atoms with Gasteiger partial charge in [-0.2, -0.15) is 0 Å². The Morgan fingerprint density at radius 3 is 1.89 bits per heavy atom. The average Bonchev–Trinajstić information content (AvgIpc) is 2.37. The zero-order valence-electron chi connectivity index (χ0n) is 10.1. The molecule has 0 saturated heterocycles. The molecule has 0 aliphatic heterocycles. The maximum Gasteiger partial charge on any atom is 0.289 e. The highest BCUT2D eigenvalue weighted by molar-refractivity contribution is 6.38. The number of Topliss-reactive ketones (excluding diaryl/α,β-unsaturated/α-hetero) is 1. The number of rotatable bonds is 2. The van der Waals surface area contributed by atoms with Crippen LogP contribution in [-0.4, -0.2) is 22.2 Å². The van der Waals surface area contributed by atoms with Gasteiger partial charge in [-0.05, 0) is 24.0 Å². The molecule has 0 N–H and O–H groups in total. The molecule has 1 nitrogen and oxygen atoms in total. The quantitative estimate of drug-likeness (QED) is 0.425. The molecule has 3 aliphatic rings. The van der Waals surface area contributed by atoms with Crippen LogP contribution in [0.25, 0.3) is 0 Å². The number of carbonyl (C=O) groups is 1. The van der Waals surface area contributed by atoms with E-state index in [4.69, 9.17) is 11.6 Å². The smallest absolute Gasteiger partial charge is 0.289 e. The summed E-state index contributed by atoms with van der Waals surface area (Å²) in [6, 6.07) is 0. The molecule has 0 radical (unpaired) electrons. The van der Waals surface area contributed by atoms with Crippen molar-refractivity contribution in [2.45, 2.75) is 43.2 Å². The van der Waals surface area contributed by atoms with E-state index in [-0.39, 0.29) is 12.8 Å². The third-order valence-corrected chi connectivity index (χ3v) is 4.16. The van der Waals surface area contributed by atoms with Gasteiger partial charge in [0.1, 0.15) is 0 Å². The zero-order valence-corrected chi connectivity index (χ0v) is 10.8. The molecule has 106 valence electrons. The monoisotopic (exact) mass is 300 g/mol. The van der Waals surface area contributed by atoms with Crippen molar-refractivity contribution in [1.29, 1.82) is 0 Å². The molecule has 0 spiro atoms. The third-order valence-electron chi connectivity index (χ3n) is 3.73. The van der Waals surface area contributed by atoms with Gasteiger partial charge in [0, 0.05) is 0 Å². The van der Waals surface area contributed by atoms with E-state index in [9.17, 15) is 26.7 Å². The van der Waals surface area contributed by atoms with E-state index < -0.39 is 45.0 Å². The van der Waals surface area contributed by atoms with Crippen molar-refractivity contribution in [1.82, 2.24) is 0 Å². The predicted molar refractivity (Wildman–Crippen MR) is 59.2 cm³/mol. The molecular formula is C12H10ClF5O. The van der Waals surface area contributed by atoms with Gasteiger partial charge in [0.15, 0.2) is 11.7 Å². The molecule has 0 saturated carbocycles. The summed E-state index contributed by atoms with van der Waals surface area (Å²) in [6.07, 6.45) is -0.553. The van der Waals surface area contributed by atoms with Crippen LogP contribution in [0.4, 0.5) is 22.0 Å². The van der Waals surface area contributed by atoms with Crippen molar-refractivity contribution in [3.8, 4) is 0 Å². The lowest BCUT2D eigenvalue weighted by Crippen LogP contribution is -2.67. The van der Waals surface area contributed by atoms with Crippen LogP contribution in [0.3, 0.4) is 0 Å². The van der Waals surface area contributed by atoms with Gasteiger partial charge in [-0.1, -0.05) is 25.4 Å². The van der Waals surface area contributed by atoms with Gasteiger partial charge in [-0.3, -0.25) is 4.79 Å². The normalized spacial score (nSPS) is 42.4. The first kappa shape index (κ1) is 14.5. The van der Waals surface area contributed by atoms with Gasteiger partial charge < -0.3 is 0 Å². The largest absolute Gasteiger partial charge is 0.290 e. The summed E-state index contributed by atoms with van der Waals surface area (Å²) in [5, 5.41) is -3.98. The Balaban J connectivity index is 2.95. The molecule has 2 bridgehead atoms. The van der Waals surface area contributed by atoms with E-state index in [0.29, 0.717) is 0 Å². The second-order valence-electron chi connectivity index (χ2n) is 4.51. The minimum absolute atomic E-state index is 0.259. The maximum atomic E-state index is 14.7. The SMILES string of the molecule is CCC1=C(CC)[C@]2(F)C(F)=C(F)[C@@]1(F)C(=O)[C@]2(F)Cl. The fraction of sp³-hybridized carbons (Fsp3) is 0.583. The standard InChI is InChI=1S/C12H10ClF5O/c1-3-5-6(4-2)11(17)8(15)7(14)10(5,16)9(19)12(11,13)18/h3-4H2,1-2H3/t10-,11+,12-/m1/s1. The van der Waals surface area contributed by atoms with Crippen LogP contribution in [0.1, 0.15) is 26.7 Å². The summed E-state index contributed by atoms with van der Waals surface area (Å²) in [5.41, 5.74) is -8.65. The maximum absolute atomic E-state index is 14.7. The minimum atomic E-state index is -3.98. The third kappa shape index (κ3) is 1.24. The molecule has 0 fully saturated rings. The summed E-state index contributed by atoms with van der Waals surface area (Å²) in [4.78, 5) is 11.6. The predicted octanol–water partition coefficient (Wildman–Crippen LogP) is 4.17. The Hall–Kier alpha value is -0.910. The van der Waals surface area contributed by atoms with E-state index in [0.717, 1.165) is 0 Å². The summed E-state index contributed by atoms with van der Waals surface area (Å²) in [7, 11) is 0. The fourth-order valence-corrected chi connectivity index (χ4v) is 3.16.